The maximum atomic E-state index is 12.0. The second-order valence-corrected chi connectivity index (χ2v) is 5.94. The van der Waals surface area contributed by atoms with Gasteiger partial charge in [0.05, 0.1) is 42.2 Å². The zero-order valence-corrected chi connectivity index (χ0v) is 14.3. The average Bonchev–Trinajstić information content (AvgIpc) is 2.60. The molecule has 0 fully saturated rings. The van der Waals surface area contributed by atoms with Gasteiger partial charge in [0, 0.05) is 12.3 Å². The molecule has 6 nitrogen and oxygen atoms in total. The third kappa shape index (κ3) is 3.81. The summed E-state index contributed by atoms with van der Waals surface area (Å²) in [6.07, 6.45) is 0.177. The van der Waals surface area contributed by atoms with Crippen LogP contribution in [0.15, 0.2) is 28.8 Å². The molecule has 0 saturated carbocycles. The van der Waals surface area contributed by atoms with Crippen LogP contribution in [0.5, 0.6) is 11.5 Å². The molecule has 1 heterocycles. The largest absolute Gasteiger partial charge is 0.493 e. The third-order valence-corrected chi connectivity index (χ3v) is 4.41. The smallest absolute Gasteiger partial charge is 0.225 e. The van der Waals surface area contributed by atoms with Crippen molar-refractivity contribution >= 4 is 17.7 Å². The zero-order valence-electron chi connectivity index (χ0n) is 13.5. The van der Waals surface area contributed by atoms with Crippen LogP contribution in [-0.2, 0) is 4.79 Å². The Balaban J connectivity index is 2.43. The van der Waals surface area contributed by atoms with Crippen molar-refractivity contribution in [1.29, 1.82) is 10.5 Å². The molecule has 0 saturated heterocycles. The van der Waals surface area contributed by atoms with Crippen molar-refractivity contribution in [1.82, 2.24) is 5.32 Å². The predicted molar refractivity (Wildman–Crippen MR) is 90.4 cm³/mol. The summed E-state index contributed by atoms with van der Waals surface area (Å²) in [6, 6.07) is 9.58. The fourth-order valence-electron chi connectivity index (χ4n) is 2.50. The number of methoxy groups -OCH3 is 1. The molecule has 1 aromatic rings. The highest BCUT2D eigenvalue weighted by Gasteiger charge is 2.30. The monoisotopic (exact) mass is 343 g/mol. The molecule has 0 spiro atoms. The van der Waals surface area contributed by atoms with Crippen LogP contribution >= 0.6 is 11.8 Å². The minimum Gasteiger partial charge on any atom is -0.493 e. The lowest BCUT2D eigenvalue weighted by Crippen LogP contribution is -2.30. The number of nitriles is 2. The van der Waals surface area contributed by atoms with Crippen LogP contribution in [0.4, 0.5) is 0 Å². The lowest BCUT2D eigenvalue weighted by Gasteiger charge is -2.25. The van der Waals surface area contributed by atoms with Crippen molar-refractivity contribution < 1.29 is 14.3 Å². The Kier molecular flexibility index (Phi) is 6.11. The first kappa shape index (κ1) is 17.7. The Hall–Kier alpha value is -2.64. The Morgan fingerprint density at radius 2 is 2.17 bits per heavy atom. The van der Waals surface area contributed by atoms with Crippen LogP contribution in [0.25, 0.3) is 0 Å². The highest BCUT2D eigenvalue weighted by Crippen LogP contribution is 2.39. The maximum absolute atomic E-state index is 12.0. The van der Waals surface area contributed by atoms with Crippen LogP contribution in [0, 0.1) is 22.7 Å². The van der Waals surface area contributed by atoms with Gasteiger partial charge >= 0.3 is 0 Å². The molecule has 1 amide bonds. The molecular formula is C17H17N3O3S. The second kappa shape index (κ2) is 8.28. The Morgan fingerprint density at radius 3 is 2.79 bits per heavy atom. The summed E-state index contributed by atoms with van der Waals surface area (Å²) in [6.45, 7) is 2.40. The Bertz CT molecular complexity index is 746. The van der Waals surface area contributed by atoms with E-state index in [-0.39, 0.29) is 24.0 Å². The predicted octanol–water partition coefficient (Wildman–Crippen LogP) is 2.69. The number of hydrogen-bond donors (Lipinski definition) is 1. The maximum Gasteiger partial charge on any atom is 0.225 e. The third-order valence-electron chi connectivity index (χ3n) is 3.53. The quantitative estimate of drug-likeness (QED) is 0.853. The summed E-state index contributed by atoms with van der Waals surface area (Å²) in [5.74, 6) is 0.802. The summed E-state index contributed by atoms with van der Waals surface area (Å²) in [5, 5.41) is 21.4. The van der Waals surface area contributed by atoms with Crippen molar-refractivity contribution in [3.05, 3.63) is 34.4 Å². The number of benzene rings is 1. The number of allylic oxidation sites excluding steroid dienone is 1. The zero-order chi connectivity index (χ0) is 17.5. The van der Waals surface area contributed by atoms with Gasteiger partial charge in [-0.05, 0) is 24.6 Å². The minimum atomic E-state index is -0.366. The van der Waals surface area contributed by atoms with Crippen LogP contribution in [0.3, 0.4) is 0 Å². The molecular weight excluding hydrogens is 326 g/mol. The van der Waals surface area contributed by atoms with Crippen LogP contribution in [0.1, 0.15) is 24.8 Å². The molecule has 0 aliphatic carbocycles. The van der Waals surface area contributed by atoms with E-state index in [4.69, 9.17) is 14.7 Å². The van der Waals surface area contributed by atoms with Gasteiger partial charge in [0.15, 0.2) is 11.5 Å². The normalized spacial score (nSPS) is 16.8. The van der Waals surface area contributed by atoms with E-state index in [9.17, 15) is 10.1 Å². The number of rotatable bonds is 6. The number of carbonyl (C=O) groups excluding carboxylic acids is 1. The lowest BCUT2D eigenvalue weighted by molar-refractivity contribution is -0.120. The van der Waals surface area contributed by atoms with Crippen molar-refractivity contribution in [3.8, 4) is 23.6 Å². The van der Waals surface area contributed by atoms with Gasteiger partial charge < -0.3 is 14.8 Å². The lowest BCUT2D eigenvalue weighted by atomic mass is 9.87. The summed E-state index contributed by atoms with van der Waals surface area (Å²) in [5.41, 5.74) is 1.26. The molecule has 0 bridgehead atoms. The second-order valence-electron chi connectivity index (χ2n) is 4.95. The minimum absolute atomic E-state index is 0.167. The summed E-state index contributed by atoms with van der Waals surface area (Å²) >= 11 is 1.16. The first-order chi connectivity index (χ1) is 11.6. The molecule has 1 N–H and O–H groups in total. The van der Waals surface area contributed by atoms with E-state index in [1.54, 1.807) is 19.2 Å². The first-order valence-electron chi connectivity index (χ1n) is 7.39. The van der Waals surface area contributed by atoms with E-state index in [2.05, 4.69) is 11.4 Å². The number of ether oxygens (including phenoxy) is 2. The molecule has 1 aliphatic rings. The van der Waals surface area contributed by atoms with Gasteiger partial charge in [-0.3, -0.25) is 4.79 Å². The number of hydrogen-bond acceptors (Lipinski definition) is 6. The van der Waals surface area contributed by atoms with Gasteiger partial charge in [0.25, 0.3) is 0 Å². The van der Waals surface area contributed by atoms with Gasteiger partial charge in [-0.25, -0.2) is 0 Å². The van der Waals surface area contributed by atoms with E-state index in [1.807, 2.05) is 19.1 Å². The fourth-order valence-corrected chi connectivity index (χ4v) is 3.24. The standard InChI is InChI=1S/C17H17N3O3S/c1-3-23-14-5-4-11(8-15(14)22-2)12-9-16(21)20-17(13(12)10-19)24-7-6-18/h4-5,8,12H,3,7,9H2,1-2H3,(H,20,21)/t12-/m0/s1. The molecule has 1 aromatic carbocycles. The number of carbonyl (C=O) groups is 1. The van der Waals surface area contributed by atoms with E-state index in [1.165, 1.54) is 0 Å². The molecule has 1 atom stereocenters. The highest BCUT2D eigenvalue weighted by molar-refractivity contribution is 8.03. The van der Waals surface area contributed by atoms with Crippen molar-refractivity contribution in [3.63, 3.8) is 0 Å². The highest BCUT2D eigenvalue weighted by atomic mass is 32.2. The summed E-state index contributed by atoms with van der Waals surface area (Å²) in [7, 11) is 1.55. The van der Waals surface area contributed by atoms with Gasteiger partial charge in [-0.15, -0.1) is 0 Å². The molecule has 24 heavy (non-hydrogen) atoms. The van der Waals surface area contributed by atoms with E-state index < -0.39 is 0 Å². The summed E-state index contributed by atoms with van der Waals surface area (Å²) in [4.78, 5) is 12.0. The fraction of sp³-hybridized carbons (Fsp3) is 0.353. The number of nitrogens with one attached hydrogen (secondary N) is 1. The van der Waals surface area contributed by atoms with Crippen molar-refractivity contribution in [2.24, 2.45) is 0 Å². The van der Waals surface area contributed by atoms with Crippen LogP contribution in [0.2, 0.25) is 0 Å². The Morgan fingerprint density at radius 1 is 1.38 bits per heavy atom. The molecule has 0 radical (unpaired) electrons. The van der Waals surface area contributed by atoms with Crippen molar-refractivity contribution in [2.45, 2.75) is 19.3 Å². The number of thioether (sulfide) groups is 1. The average molecular weight is 343 g/mol. The topological polar surface area (TPSA) is 95.1 Å². The first-order valence-corrected chi connectivity index (χ1v) is 8.37. The Labute approximate surface area is 145 Å². The van der Waals surface area contributed by atoms with Gasteiger partial charge in [0.1, 0.15) is 0 Å². The molecule has 0 aromatic heterocycles. The molecule has 0 unspecified atom stereocenters. The van der Waals surface area contributed by atoms with Crippen molar-refractivity contribution in [2.75, 3.05) is 19.5 Å². The van der Waals surface area contributed by atoms with E-state index in [0.717, 1.165) is 17.3 Å². The van der Waals surface area contributed by atoms with E-state index >= 15 is 0 Å². The van der Waals surface area contributed by atoms with Gasteiger partial charge in [0.2, 0.25) is 5.91 Å². The summed E-state index contributed by atoms with van der Waals surface area (Å²) < 4.78 is 10.8. The van der Waals surface area contributed by atoms with Gasteiger partial charge in [-0.2, -0.15) is 10.5 Å². The SMILES string of the molecule is CCOc1ccc([C@@H]2CC(=O)NC(SCC#N)=C2C#N)cc1OC. The van der Waals surface area contributed by atoms with Crippen LogP contribution < -0.4 is 14.8 Å². The molecule has 1 aliphatic heterocycles. The molecule has 124 valence electrons. The van der Waals surface area contributed by atoms with E-state index in [0.29, 0.717) is 28.7 Å². The van der Waals surface area contributed by atoms with Gasteiger partial charge in [-0.1, -0.05) is 17.8 Å². The number of nitrogens with zero attached hydrogens (tertiary/aromatic N) is 2. The molecule has 2 rings (SSSR count). The number of amides is 1. The van der Waals surface area contributed by atoms with Crippen LogP contribution in [-0.4, -0.2) is 25.4 Å². The molecule has 7 heteroatoms.